The summed E-state index contributed by atoms with van der Waals surface area (Å²) in [6.07, 6.45) is 3.25. The molecule has 2 aliphatic rings. The first kappa shape index (κ1) is 19.7. The second-order valence-corrected chi connectivity index (χ2v) is 11.2. The van der Waals surface area contributed by atoms with Crippen LogP contribution >= 0.6 is 11.6 Å². The quantitative estimate of drug-likeness (QED) is 0.731. The Morgan fingerprint density at radius 3 is 2.25 bits per heavy atom. The lowest BCUT2D eigenvalue weighted by molar-refractivity contribution is 0.346. The maximum atomic E-state index is 13.1. The maximum absolute atomic E-state index is 13.1. The van der Waals surface area contributed by atoms with Crippen molar-refractivity contribution in [2.75, 3.05) is 23.9 Å². The summed E-state index contributed by atoms with van der Waals surface area (Å²) < 4.78 is 54.8. The van der Waals surface area contributed by atoms with Gasteiger partial charge in [-0.3, -0.25) is 4.31 Å². The molecule has 2 aliphatic heterocycles. The van der Waals surface area contributed by atoms with Crippen molar-refractivity contribution in [3.63, 3.8) is 0 Å². The fourth-order valence-electron chi connectivity index (χ4n) is 3.78. The molecule has 1 saturated heterocycles. The van der Waals surface area contributed by atoms with Crippen LogP contribution in [-0.2, 0) is 26.5 Å². The minimum absolute atomic E-state index is 0.0505. The lowest BCUT2D eigenvalue weighted by Gasteiger charge is -2.26. The predicted octanol–water partition coefficient (Wildman–Crippen LogP) is 3.27. The third-order valence-electron chi connectivity index (χ3n) is 5.26. The number of hydrogen-bond donors (Lipinski definition) is 0. The Bertz CT molecular complexity index is 1110. The number of fused-ring (bicyclic) bond motifs is 1. The van der Waals surface area contributed by atoms with Gasteiger partial charge in [0.25, 0.3) is 10.0 Å². The fourth-order valence-corrected chi connectivity index (χ4v) is 7.35. The molecule has 9 heteroatoms. The molecule has 2 heterocycles. The number of halogens is 1. The molecule has 0 aliphatic carbocycles. The van der Waals surface area contributed by atoms with Crippen molar-refractivity contribution < 1.29 is 16.8 Å². The molecule has 150 valence electrons. The first-order valence-electron chi connectivity index (χ1n) is 9.22. The van der Waals surface area contributed by atoms with E-state index in [9.17, 15) is 16.8 Å². The average molecular weight is 441 g/mol. The molecule has 6 nitrogen and oxygen atoms in total. The summed E-state index contributed by atoms with van der Waals surface area (Å²) in [7, 11) is -7.36. The van der Waals surface area contributed by atoms with E-state index in [0.717, 1.165) is 19.3 Å². The maximum Gasteiger partial charge on any atom is 0.265 e. The molecular weight excluding hydrogens is 420 g/mol. The zero-order valence-electron chi connectivity index (χ0n) is 15.2. The highest BCUT2D eigenvalue weighted by atomic mass is 35.5. The molecule has 0 unspecified atom stereocenters. The molecular formula is C19H21ClN2O4S2. The third kappa shape index (κ3) is 3.32. The average Bonchev–Trinajstić information content (AvgIpc) is 3.13. The topological polar surface area (TPSA) is 74.8 Å². The highest BCUT2D eigenvalue weighted by Crippen LogP contribution is 2.36. The van der Waals surface area contributed by atoms with Crippen molar-refractivity contribution in [3.8, 4) is 0 Å². The fraction of sp³-hybridized carbons (Fsp3) is 0.368. The van der Waals surface area contributed by atoms with Crippen LogP contribution in [0.2, 0.25) is 5.02 Å². The van der Waals surface area contributed by atoms with E-state index in [0.29, 0.717) is 30.8 Å². The van der Waals surface area contributed by atoms with Gasteiger partial charge in [0.05, 0.1) is 15.6 Å². The molecule has 0 spiro atoms. The Hall–Kier alpha value is -1.61. The molecule has 1 fully saturated rings. The van der Waals surface area contributed by atoms with E-state index < -0.39 is 20.0 Å². The number of nitrogens with zero attached hydrogens (tertiary/aromatic N) is 2. The minimum atomic E-state index is -3.81. The number of rotatable bonds is 4. The van der Waals surface area contributed by atoms with Crippen LogP contribution in [0.15, 0.2) is 52.3 Å². The van der Waals surface area contributed by atoms with Crippen molar-refractivity contribution in [1.29, 1.82) is 0 Å². The van der Waals surface area contributed by atoms with E-state index in [1.807, 2.05) is 0 Å². The van der Waals surface area contributed by atoms with E-state index >= 15 is 0 Å². The Labute approximate surface area is 170 Å². The van der Waals surface area contributed by atoms with Crippen LogP contribution in [-0.4, -0.2) is 40.8 Å². The van der Waals surface area contributed by atoms with E-state index in [1.54, 1.807) is 30.3 Å². The highest BCUT2D eigenvalue weighted by molar-refractivity contribution is 7.93. The van der Waals surface area contributed by atoms with E-state index in [-0.39, 0.29) is 21.4 Å². The summed E-state index contributed by atoms with van der Waals surface area (Å²) in [6.45, 7) is 1.33. The van der Waals surface area contributed by atoms with Crippen molar-refractivity contribution in [1.82, 2.24) is 4.31 Å². The summed E-state index contributed by atoms with van der Waals surface area (Å²) in [5.41, 5.74) is 1.23. The second kappa shape index (κ2) is 7.33. The first-order chi connectivity index (χ1) is 13.3. The van der Waals surface area contributed by atoms with Gasteiger partial charge in [-0.25, -0.2) is 16.8 Å². The molecule has 0 N–H and O–H groups in total. The summed E-state index contributed by atoms with van der Waals surface area (Å²) >= 11 is 6.09. The molecule has 4 rings (SSSR count). The zero-order valence-corrected chi connectivity index (χ0v) is 17.6. The SMILES string of the molecule is O=S(=O)(c1ccc2c(c1)CCN2S(=O)(=O)c1ccccc1Cl)N1CCCCC1. The Kier molecular flexibility index (Phi) is 5.16. The van der Waals surface area contributed by atoms with Crippen LogP contribution in [0.5, 0.6) is 0 Å². The van der Waals surface area contributed by atoms with Crippen molar-refractivity contribution in [2.45, 2.75) is 35.5 Å². The number of benzene rings is 2. The molecule has 2 aromatic carbocycles. The number of piperidine rings is 1. The van der Waals surface area contributed by atoms with Gasteiger partial charge in [0.1, 0.15) is 4.90 Å². The van der Waals surface area contributed by atoms with Gasteiger partial charge in [0.2, 0.25) is 10.0 Å². The monoisotopic (exact) mass is 440 g/mol. The second-order valence-electron chi connectivity index (χ2n) is 7.01. The highest BCUT2D eigenvalue weighted by Gasteiger charge is 2.34. The predicted molar refractivity (Wildman–Crippen MR) is 109 cm³/mol. The molecule has 0 bridgehead atoms. The Balaban J connectivity index is 1.68. The van der Waals surface area contributed by atoms with Crippen LogP contribution in [0.4, 0.5) is 5.69 Å². The van der Waals surface area contributed by atoms with Crippen molar-refractivity contribution >= 4 is 37.3 Å². The largest absolute Gasteiger partial charge is 0.266 e. The summed E-state index contributed by atoms with van der Waals surface area (Å²) in [5, 5.41) is 0.167. The smallest absolute Gasteiger partial charge is 0.265 e. The van der Waals surface area contributed by atoms with Gasteiger partial charge in [-0.2, -0.15) is 4.31 Å². The summed E-state index contributed by atoms with van der Waals surface area (Å²) in [6, 6.07) is 11.0. The summed E-state index contributed by atoms with van der Waals surface area (Å²) in [4.78, 5) is 0.277. The Morgan fingerprint density at radius 2 is 1.54 bits per heavy atom. The molecule has 0 aromatic heterocycles. The van der Waals surface area contributed by atoms with Crippen LogP contribution in [0, 0.1) is 0 Å². The molecule has 0 saturated carbocycles. The molecule has 0 atom stereocenters. The first-order valence-corrected chi connectivity index (χ1v) is 12.5. The van der Waals surface area contributed by atoms with Crippen LogP contribution < -0.4 is 4.31 Å². The lowest BCUT2D eigenvalue weighted by atomic mass is 10.2. The minimum Gasteiger partial charge on any atom is -0.266 e. The van der Waals surface area contributed by atoms with Gasteiger partial charge in [0.15, 0.2) is 0 Å². The van der Waals surface area contributed by atoms with Gasteiger partial charge in [-0.1, -0.05) is 30.2 Å². The van der Waals surface area contributed by atoms with Gasteiger partial charge < -0.3 is 0 Å². The van der Waals surface area contributed by atoms with Crippen molar-refractivity contribution in [2.24, 2.45) is 0 Å². The van der Waals surface area contributed by atoms with Crippen LogP contribution in [0.1, 0.15) is 24.8 Å². The van der Waals surface area contributed by atoms with Gasteiger partial charge in [-0.15, -0.1) is 0 Å². The van der Waals surface area contributed by atoms with Gasteiger partial charge >= 0.3 is 0 Å². The zero-order chi connectivity index (χ0) is 19.9. The Morgan fingerprint density at radius 1 is 0.821 bits per heavy atom. The summed E-state index contributed by atoms with van der Waals surface area (Å²) in [5.74, 6) is 0. The van der Waals surface area contributed by atoms with Crippen LogP contribution in [0.25, 0.3) is 0 Å². The van der Waals surface area contributed by atoms with Gasteiger partial charge in [0, 0.05) is 19.6 Å². The number of hydrogen-bond acceptors (Lipinski definition) is 4. The van der Waals surface area contributed by atoms with Crippen LogP contribution in [0.3, 0.4) is 0 Å². The molecule has 28 heavy (non-hydrogen) atoms. The molecule has 0 radical (unpaired) electrons. The normalized spacial score (nSPS) is 18.2. The van der Waals surface area contributed by atoms with Gasteiger partial charge in [-0.05, 0) is 55.2 Å². The van der Waals surface area contributed by atoms with E-state index in [4.69, 9.17) is 11.6 Å². The van der Waals surface area contributed by atoms with Crippen molar-refractivity contribution in [3.05, 3.63) is 53.1 Å². The molecule has 2 aromatic rings. The lowest BCUT2D eigenvalue weighted by Crippen LogP contribution is -2.35. The third-order valence-corrected chi connectivity index (χ3v) is 9.47. The number of anilines is 1. The van der Waals surface area contributed by atoms with E-state index in [1.165, 1.54) is 20.7 Å². The van der Waals surface area contributed by atoms with E-state index in [2.05, 4.69) is 0 Å². The molecule has 0 amide bonds. The number of sulfonamides is 2. The standard InChI is InChI=1S/C19H21ClN2O4S2/c20-17-6-2-3-7-19(17)28(25,26)22-13-10-15-14-16(8-9-18(15)22)27(23,24)21-11-4-1-5-12-21/h2-3,6-9,14H,1,4-5,10-13H2.